The number of benzene rings is 2. The number of hydrogen-bond acceptors (Lipinski definition) is 5. The molecule has 0 amide bonds. The van der Waals surface area contributed by atoms with Crippen LogP contribution in [-0.2, 0) is 20.0 Å². The molecule has 7 nitrogen and oxygen atoms in total. The fraction of sp³-hybridized carbons (Fsp3) is 0. The Bertz CT molecular complexity index is 1140. The van der Waals surface area contributed by atoms with Gasteiger partial charge in [0.1, 0.15) is 4.90 Å². The maximum Gasteiger partial charge on any atom is 0.255 e. The number of rotatable bonds is 5. The predicted octanol–water partition coefficient (Wildman–Crippen LogP) is 2.93. The number of halogens is 2. The Morgan fingerprint density at radius 1 is 1.04 bits per heavy atom. The Morgan fingerprint density at radius 2 is 1.73 bits per heavy atom. The summed E-state index contributed by atoms with van der Waals surface area (Å²) in [5.41, 5.74) is 0.213. The zero-order chi connectivity index (χ0) is 19.5. The summed E-state index contributed by atoms with van der Waals surface area (Å²) in [4.78, 5) is -0.511. The predicted molar refractivity (Wildman–Crippen MR) is 101 cm³/mol. The molecule has 0 aliphatic carbocycles. The van der Waals surface area contributed by atoms with Crippen molar-refractivity contribution >= 4 is 55.0 Å². The summed E-state index contributed by atoms with van der Waals surface area (Å²) in [5.74, 6) is 0. The van der Waals surface area contributed by atoms with Gasteiger partial charge in [-0.3, -0.25) is 4.72 Å². The average molecular weight is 432 g/mol. The minimum Gasteiger partial charge on any atom is -0.279 e. The van der Waals surface area contributed by atoms with Gasteiger partial charge in [-0.15, -0.1) is 0 Å². The SMILES string of the molecule is N#Cc1ccc(NS(=O)(=O)/C=C/c2ccc(Cl)c(Cl)c2)c(S(N)(=O)=O)c1. The number of primary sulfonamides is 1. The number of anilines is 1. The molecule has 0 saturated heterocycles. The molecular formula is C15H11Cl2N3O4S2. The third kappa shape index (κ3) is 5.20. The second-order valence-corrected chi connectivity index (χ2v) is 8.90. The van der Waals surface area contributed by atoms with Gasteiger partial charge in [-0.25, -0.2) is 22.0 Å². The van der Waals surface area contributed by atoms with Crippen molar-refractivity contribution in [2.45, 2.75) is 4.90 Å². The van der Waals surface area contributed by atoms with E-state index >= 15 is 0 Å². The quantitative estimate of drug-likeness (QED) is 0.750. The number of nitrogens with zero attached hydrogens (tertiary/aromatic N) is 1. The second-order valence-electron chi connectivity index (χ2n) is 4.99. The zero-order valence-electron chi connectivity index (χ0n) is 12.8. The van der Waals surface area contributed by atoms with Gasteiger partial charge >= 0.3 is 0 Å². The first-order valence-electron chi connectivity index (χ1n) is 6.75. The van der Waals surface area contributed by atoms with E-state index in [1.54, 1.807) is 12.1 Å². The van der Waals surface area contributed by atoms with E-state index in [4.69, 9.17) is 33.6 Å². The topological polar surface area (TPSA) is 130 Å². The van der Waals surface area contributed by atoms with E-state index in [0.29, 0.717) is 10.6 Å². The maximum absolute atomic E-state index is 12.2. The van der Waals surface area contributed by atoms with Crippen LogP contribution in [0, 0.1) is 11.3 Å². The standard InChI is InChI=1S/C15H11Cl2N3O4S2/c16-12-3-1-10(7-13(12)17)5-6-25(21,22)20-14-4-2-11(9-18)8-15(14)26(19,23)24/h1-8,20H,(H2,19,23,24)/b6-5+. The van der Waals surface area contributed by atoms with Crippen LogP contribution in [0.4, 0.5) is 5.69 Å². The molecule has 0 fully saturated rings. The van der Waals surface area contributed by atoms with Gasteiger partial charge in [-0.1, -0.05) is 29.3 Å². The fourth-order valence-electron chi connectivity index (χ4n) is 1.88. The van der Waals surface area contributed by atoms with Crippen LogP contribution < -0.4 is 9.86 Å². The van der Waals surface area contributed by atoms with E-state index < -0.39 is 24.9 Å². The molecule has 0 aliphatic rings. The molecule has 0 aromatic heterocycles. The van der Waals surface area contributed by atoms with E-state index in [0.717, 1.165) is 17.5 Å². The Hall–Kier alpha value is -2.09. The van der Waals surface area contributed by atoms with Crippen LogP contribution in [0.5, 0.6) is 0 Å². The Labute approximate surface area is 160 Å². The van der Waals surface area contributed by atoms with Crippen LogP contribution in [-0.4, -0.2) is 16.8 Å². The smallest absolute Gasteiger partial charge is 0.255 e. The highest BCUT2D eigenvalue weighted by atomic mass is 35.5. The third-order valence-electron chi connectivity index (χ3n) is 3.05. The Morgan fingerprint density at radius 3 is 2.31 bits per heavy atom. The van der Waals surface area contributed by atoms with Gasteiger partial charge in [0.15, 0.2) is 0 Å². The van der Waals surface area contributed by atoms with Crippen molar-refractivity contribution in [3.05, 3.63) is 63.0 Å². The normalized spacial score (nSPS) is 12.1. The number of nitrogens with two attached hydrogens (primary N) is 1. The molecule has 0 spiro atoms. The van der Waals surface area contributed by atoms with Gasteiger partial charge in [-0.2, -0.15) is 5.26 Å². The number of nitrogens with one attached hydrogen (secondary N) is 1. The highest BCUT2D eigenvalue weighted by Crippen LogP contribution is 2.25. The zero-order valence-corrected chi connectivity index (χ0v) is 16.0. The highest BCUT2D eigenvalue weighted by molar-refractivity contribution is 7.95. The summed E-state index contributed by atoms with van der Waals surface area (Å²) < 4.78 is 49.8. The van der Waals surface area contributed by atoms with Crippen molar-refractivity contribution in [2.24, 2.45) is 5.14 Å². The molecule has 11 heteroatoms. The van der Waals surface area contributed by atoms with Crippen LogP contribution in [0.3, 0.4) is 0 Å². The van der Waals surface area contributed by atoms with Crippen molar-refractivity contribution in [1.29, 1.82) is 5.26 Å². The molecule has 26 heavy (non-hydrogen) atoms. The lowest BCUT2D eigenvalue weighted by atomic mass is 10.2. The van der Waals surface area contributed by atoms with E-state index in [2.05, 4.69) is 4.72 Å². The average Bonchev–Trinajstić information content (AvgIpc) is 2.55. The van der Waals surface area contributed by atoms with Gasteiger partial charge in [0.25, 0.3) is 10.0 Å². The molecule has 3 N–H and O–H groups in total. The molecule has 0 heterocycles. The van der Waals surface area contributed by atoms with Crippen LogP contribution in [0.2, 0.25) is 10.0 Å². The number of sulfonamides is 2. The lowest BCUT2D eigenvalue weighted by Crippen LogP contribution is -2.17. The molecule has 2 aromatic carbocycles. The first kappa shape index (κ1) is 20.2. The van der Waals surface area contributed by atoms with Crippen LogP contribution in [0.15, 0.2) is 46.7 Å². The molecule has 0 atom stereocenters. The molecular weight excluding hydrogens is 421 g/mol. The molecule has 136 valence electrons. The summed E-state index contributed by atoms with van der Waals surface area (Å²) >= 11 is 11.6. The van der Waals surface area contributed by atoms with Crippen LogP contribution in [0.25, 0.3) is 6.08 Å². The summed E-state index contributed by atoms with van der Waals surface area (Å²) in [5, 5.41) is 15.3. The van der Waals surface area contributed by atoms with E-state index in [-0.39, 0.29) is 16.3 Å². The summed E-state index contributed by atoms with van der Waals surface area (Å²) in [6.45, 7) is 0. The summed E-state index contributed by atoms with van der Waals surface area (Å²) in [6.07, 6.45) is 1.25. The molecule has 0 saturated carbocycles. The van der Waals surface area contributed by atoms with Crippen LogP contribution in [0.1, 0.15) is 11.1 Å². The molecule has 0 aliphatic heterocycles. The van der Waals surface area contributed by atoms with Crippen LogP contribution >= 0.6 is 23.2 Å². The first-order valence-corrected chi connectivity index (χ1v) is 10.6. The van der Waals surface area contributed by atoms with Gasteiger partial charge in [0.2, 0.25) is 10.0 Å². The van der Waals surface area contributed by atoms with Crippen molar-refractivity contribution in [2.75, 3.05) is 4.72 Å². The van der Waals surface area contributed by atoms with Crippen molar-refractivity contribution in [1.82, 2.24) is 0 Å². The minimum atomic E-state index is -4.25. The van der Waals surface area contributed by atoms with Crippen molar-refractivity contribution in [3.63, 3.8) is 0 Å². The van der Waals surface area contributed by atoms with Gasteiger partial charge < -0.3 is 0 Å². The van der Waals surface area contributed by atoms with Crippen molar-refractivity contribution in [3.8, 4) is 6.07 Å². The van der Waals surface area contributed by atoms with Gasteiger partial charge in [-0.05, 0) is 42.0 Å². The molecule has 0 unspecified atom stereocenters. The van der Waals surface area contributed by atoms with E-state index in [1.165, 1.54) is 24.3 Å². The number of nitriles is 1. The molecule has 0 radical (unpaired) electrons. The molecule has 2 rings (SSSR count). The highest BCUT2D eigenvalue weighted by Gasteiger charge is 2.18. The Kier molecular flexibility index (Phi) is 5.95. The summed E-state index contributed by atoms with van der Waals surface area (Å²) in [6, 6.07) is 9.66. The third-order valence-corrected chi connectivity index (χ3v) is 5.74. The maximum atomic E-state index is 12.2. The lowest BCUT2D eigenvalue weighted by Gasteiger charge is -2.09. The van der Waals surface area contributed by atoms with E-state index in [1.807, 2.05) is 0 Å². The monoisotopic (exact) mass is 431 g/mol. The molecule has 2 aromatic rings. The lowest BCUT2D eigenvalue weighted by molar-refractivity contribution is 0.598. The van der Waals surface area contributed by atoms with Gasteiger partial charge in [0.05, 0.1) is 32.8 Å². The second kappa shape index (κ2) is 7.65. The minimum absolute atomic E-state index is 0.0170. The largest absolute Gasteiger partial charge is 0.279 e. The summed E-state index contributed by atoms with van der Waals surface area (Å²) in [7, 11) is -8.32. The number of hydrogen-bond donors (Lipinski definition) is 2. The van der Waals surface area contributed by atoms with E-state index in [9.17, 15) is 16.8 Å². The first-order chi connectivity index (χ1) is 12.0. The van der Waals surface area contributed by atoms with Gasteiger partial charge in [0, 0.05) is 0 Å². The Balaban J connectivity index is 2.36. The van der Waals surface area contributed by atoms with Crippen molar-refractivity contribution < 1.29 is 16.8 Å². The molecule has 0 bridgehead atoms. The fourth-order valence-corrected chi connectivity index (χ4v) is 3.86.